The Balaban J connectivity index is 0.00000289. The molecule has 0 aliphatic heterocycles. The molecule has 3 N–H and O–H groups in total. The number of nitrogens with one attached hydrogen (secondary N) is 3. The van der Waals surface area contributed by atoms with Crippen molar-refractivity contribution in [2.75, 3.05) is 44.8 Å². The third kappa shape index (κ3) is 9.56. The van der Waals surface area contributed by atoms with Crippen LogP contribution in [0.4, 0.5) is 0 Å². The first-order valence-electron chi connectivity index (χ1n) is 10.8. The first-order valence-corrected chi connectivity index (χ1v) is 13.5. The van der Waals surface area contributed by atoms with E-state index in [4.69, 9.17) is 4.74 Å². The van der Waals surface area contributed by atoms with Crippen molar-refractivity contribution in [3.8, 4) is 5.75 Å². The van der Waals surface area contributed by atoms with E-state index in [9.17, 15) is 13.2 Å². The van der Waals surface area contributed by atoms with Crippen LogP contribution >= 0.6 is 36.2 Å². The van der Waals surface area contributed by atoms with Crippen molar-refractivity contribution in [2.45, 2.75) is 19.3 Å². The van der Waals surface area contributed by atoms with Crippen molar-refractivity contribution in [1.82, 2.24) is 15.6 Å². The zero-order valence-electron chi connectivity index (χ0n) is 19.2. The molecule has 0 radical (unpaired) electrons. The minimum Gasteiger partial charge on any atom is -0.495 e. The summed E-state index contributed by atoms with van der Waals surface area (Å²) in [4.78, 5) is 14.5. The van der Waals surface area contributed by atoms with Crippen LogP contribution in [0.1, 0.15) is 17.5 Å². The molecular formula is C23H33Cl2N3O4S2. The lowest BCUT2D eigenvalue weighted by Gasteiger charge is -2.09. The van der Waals surface area contributed by atoms with Crippen molar-refractivity contribution < 1.29 is 13.2 Å². The second-order valence-electron chi connectivity index (χ2n) is 7.64. The van der Waals surface area contributed by atoms with E-state index in [1.807, 2.05) is 30.3 Å². The van der Waals surface area contributed by atoms with Gasteiger partial charge in [-0.05, 0) is 56.1 Å². The molecule has 11 heteroatoms. The van der Waals surface area contributed by atoms with E-state index in [1.54, 1.807) is 7.11 Å². The predicted octanol–water partition coefficient (Wildman–Crippen LogP) is 3.21. The van der Waals surface area contributed by atoms with Gasteiger partial charge >= 0.3 is 4.87 Å². The van der Waals surface area contributed by atoms with E-state index in [-0.39, 0.29) is 41.2 Å². The first kappa shape index (κ1) is 30.4. The Morgan fingerprint density at radius 1 is 0.912 bits per heavy atom. The highest BCUT2D eigenvalue weighted by Crippen LogP contribution is 2.28. The highest BCUT2D eigenvalue weighted by Gasteiger charge is 2.11. The lowest BCUT2D eigenvalue weighted by Crippen LogP contribution is -2.27. The maximum atomic E-state index is 12.2. The van der Waals surface area contributed by atoms with Gasteiger partial charge in [-0.1, -0.05) is 47.7 Å². The standard InChI is InChI=1S/C23H31N3O4S2.2ClH/c1-30-20-9-8-19(22-21(20)26-23(27)31-22)11-14-24-12-5-16-32(28,29)17-15-25-13-10-18-6-3-2-4-7-18;;/h2-4,6-9,24-25H,5,10-17H2,1H3,(H,26,27);2*1H. The van der Waals surface area contributed by atoms with E-state index in [1.165, 1.54) is 16.9 Å². The minimum absolute atomic E-state index is 0. The molecule has 1 aromatic heterocycles. The number of hydrogen-bond donors (Lipinski definition) is 3. The van der Waals surface area contributed by atoms with Gasteiger partial charge in [0.2, 0.25) is 0 Å². The van der Waals surface area contributed by atoms with Gasteiger partial charge in [0.25, 0.3) is 0 Å². The second kappa shape index (κ2) is 15.4. The summed E-state index contributed by atoms with van der Waals surface area (Å²) in [6, 6.07) is 14.0. The second-order valence-corrected chi connectivity index (χ2v) is 10.9. The van der Waals surface area contributed by atoms with E-state index < -0.39 is 9.84 Å². The molecule has 0 fully saturated rings. The van der Waals surface area contributed by atoms with Gasteiger partial charge in [-0.2, -0.15) is 0 Å². The fraction of sp³-hybridized carbons (Fsp3) is 0.435. The Kier molecular flexibility index (Phi) is 13.8. The quantitative estimate of drug-likeness (QED) is 0.267. The summed E-state index contributed by atoms with van der Waals surface area (Å²) in [7, 11) is -1.47. The van der Waals surface area contributed by atoms with Crippen molar-refractivity contribution in [2.24, 2.45) is 0 Å². The van der Waals surface area contributed by atoms with Gasteiger partial charge in [0.1, 0.15) is 11.3 Å². The highest BCUT2D eigenvalue weighted by molar-refractivity contribution is 7.91. The Labute approximate surface area is 217 Å². The van der Waals surface area contributed by atoms with Gasteiger partial charge in [0, 0.05) is 6.54 Å². The van der Waals surface area contributed by atoms with Crippen LogP contribution in [0.3, 0.4) is 0 Å². The van der Waals surface area contributed by atoms with E-state index in [0.29, 0.717) is 31.8 Å². The molecule has 2 aromatic carbocycles. The number of H-pyrrole nitrogens is 1. The molecule has 190 valence electrons. The van der Waals surface area contributed by atoms with Gasteiger partial charge in [-0.25, -0.2) is 8.42 Å². The summed E-state index contributed by atoms with van der Waals surface area (Å²) in [6.07, 6.45) is 2.24. The number of halogens is 2. The number of ether oxygens (including phenoxy) is 1. The van der Waals surface area contributed by atoms with Crippen molar-refractivity contribution >= 4 is 56.2 Å². The number of rotatable bonds is 14. The van der Waals surface area contributed by atoms with E-state index in [0.717, 1.165) is 35.2 Å². The molecule has 0 unspecified atom stereocenters. The number of benzene rings is 2. The zero-order chi connectivity index (χ0) is 22.8. The molecule has 0 saturated carbocycles. The van der Waals surface area contributed by atoms with Crippen LogP contribution in [0.25, 0.3) is 10.2 Å². The van der Waals surface area contributed by atoms with Gasteiger partial charge in [0.15, 0.2) is 9.84 Å². The number of methoxy groups -OCH3 is 1. The van der Waals surface area contributed by atoms with Crippen molar-refractivity contribution in [3.05, 3.63) is 63.3 Å². The molecule has 0 aliphatic rings. The maximum absolute atomic E-state index is 12.2. The SMILES string of the molecule is COc1ccc(CCNCCCS(=O)(=O)CCNCCc2ccccc2)c2sc(=O)[nH]c12.Cl.Cl. The molecular weight excluding hydrogens is 517 g/mol. The fourth-order valence-electron chi connectivity index (χ4n) is 3.53. The smallest absolute Gasteiger partial charge is 0.305 e. The molecule has 0 saturated heterocycles. The van der Waals surface area contributed by atoms with Gasteiger partial charge in [-0.15, -0.1) is 24.8 Å². The molecule has 0 atom stereocenters. The Morgan fingerprint density at radius 2 is 1.62 bits per heavy atom. The number of hydrogen-bond acceptors (Lipinski definition) is 7. The largest absolute Gasteiger partial charge is 0.495 e. The predicted molar refractivity (Wildman–Crippen MR) is 146 cm³/mol. The van der Waals surface area contributed by atoms with Crippen LogP contribution in [0.5, 0.6) is 5.75 Å². The van der Waals surface area contributed by atoms with E-state index in [2.05, 4.69) is 27.8 Å². The topological polar surface area (TPSA) is 100 Å². The fourth-order valence-corrected chi connectivity index (χ4v) is 5.66. The molecule has 34 heavy (non-hydrogen) atoms. The monoisotopic (exact) mass is 549 g/mol. The molecule has 0 bridgehead atoms. The third-order valence-corrected chi connectivity index (χ3v) is 7.94. The Hall–Kier alpha value is -1.62. The summed E-state index contributed by atoms with van der Waals surface area (Å²) >= 11 is 1.19. The maximum Gasteiger partial charge on any atom is 0.305 e. The lowest BCUT2D eigenvalue weighted by atomic mass is 10.1. The molecule has 3 aromatic rings. The average molecular weight is 551 g/mol. The van der Waals surface area contributed by atoms with Crippen molar-refractivity contribution in [1.29, 1.82) is 0 Å². The summed E-state index contributed by atoms with van der Waals surface area (Å²) in [5, 5.41) is 6.52. The number of sulfone groups is 1. The van der Waals surface area contributed by atoms with Crippen LogP contribution < -0.4 is 20.2 Å². The van der Waals surface area contributed by atoms with Crippen LogP contribution in [0, 0.1) is 0 Å². The molecule has 7 nitrogen and oxygen atoms in total. The molecule has 3 rings (SSSR count). The van der Waals surface area contributed by atoms with Crippen LogP contribution in [0.15, 0.2) is 47.3 Å². The Morgan fingerprint density at radius 3 is 2.35 bits per heavy atom. The van der Waals surface area contributed by atoms with Crippen LogP contribution in [-0.2, 0) is 22.7 Å². The van der Waals surface area contributed by atoms with E-state index >= 15 is 0 Å². The normalized spacial score (nSPS) is 11.1. The van der Waals surface area contributed by atoms with Gasteiger partial charge < -0.3 is 20.4 Å². The molecule has 0 amide bonds. The first-order chi connectivity index (χ1) is 15.5. The Bertz CT molecular complexity index is 1150. The van der Waals surface area contributed by atoms with Crippen LogP contribution in [0.2, 0.25) is 0 Å². The number of thiazole rings is 1. The highest BCUT2D eigenvalue weighted by atomic mass is 35.5. The van der Waals surface area contributed by atoms with Gasteiger partial charge in [-0.3, -0.25) is 4.79 Å². The van der Waals surface area contributed by atoms with Crippen LogP contribution in [-0.4, -0.2) is 58.2 Å². The van der Waals surface area contributed by atoms with Gasteiger partial charge in [0.05, 0.1) is 23.3 Å². The zero-order valence-corrected chi connectivity index (χ0v) is 22.4. The summed E-state index contributed by atoms with van der Waals surface area (Å²) in [5.41, 5.74) is 3.06. The number of aromatic nitrogens is 1. The lowest BCUT2D eigenvalue weighted by molar-refractivity contribution is 0.419. The van der Waals surface area contributed by atoms with Crippen molar-refractivity contribution in [3.63, 3.8) is 0 Å². The summed E-state index contributed by atoms with van der Waals surface area (Å²) in [6.45, 7) is 2.61. The summed E-state index contributed by atoms with van der Waals surface area (Å²) in [5.74, 6) is 1.01. The summed E-state index contributed by atoms with van der Waals surface area (Å²) < 4.78 is 30.7. The average Bonchev–Trinajstić information content (AvgIpc) is 3.18. The minimum atomic E-state index is -3.05. The third-order valence-electron chi connectivity index (χ3n) is 5.25. The number of fused-ring (bicyclic) bond motifs is 1. The molecule has 1 heterocycles. The molecule has 0 aliphatic carbocycles. The number of aromatic amines is 1. The molecule has 0 spiro atoms.